The Morgan fingerprint density at radius 3 is 1.12 bits per heavy atom. The predicted octanol–water partition coefficient (Wildman–Crippen LogP) is 3.90. The van der Waals surface area contributed by atoms with Crippen molar-refractivity contribution in [3.63, 3.8) is 0 Å². The van der Waals surface area contributed by atoms with E-state index in [2.05, 4.69) is 0 Å². The van der Waals surface area contributed by atoms with Crippen LogP contribution in [0.15, 0.2) is 0 Å². The van der Waals surface area contributed by atoms with Crippen molar-refractivity contribution in [1.82, 2.24) is 0 Å². The molecule has 0 radical (unpaired) electrons. The monoisotopic (exact) mass is 414 g/mol. The van der Waals surface area contributed by atoms with Gasteiger partial charge in [-0.05, 0) is 0 Å². The number of rotatable bonds is 6. The van der Waals surface area contributed by atoms with E-state index < -0.39 is 49.5 Å². The second-order valence-electron chi connectivity index (χ2n) is 4.32. The van der Waals surface area contributed by atoms with Gasteiger partial charge < -0.3 is 9.79 Å². The highest BCUT2D eigenvalue weighted by Gasteiger charge is 2.90. The van der Waals surface area contributed by atoms with Crippen molar-refractivity contribution in [3.8, 4) is 0 Å². The molecule has 0 fully saturated rings. The molecule has 0 aliphatic heterocycles. The molecule has 146 valence electrons. The zero-order chi connectivity index (χ0) is 20.2. The first-order valence-electron chi connectivity index (χ1n) is 4.96. The molecule has 0 aliphatic carbocycles. The van der Waals surface area contributed by atoms with Crippen LogP contribution in [0.2, 0.25) is 0 Å². The lowest BCUT2D eigenvalue weighted by atomic mass is 9.94. The lowest BCUT2D eigenvalue weighted by Crippen LogP contribution is -2.70. The zero-order valence-corrected chi connectivity index (χ0v) is 11.3. The molecule has 3 nitrogen and oxygen atoms in total. The van der Waals surface area contributed by atoms with Crippen LogP contribution in [0.1, 0.15) is 0 Å². The van der Waals surface area contributed by atoms with Gasteiger partial charge in [-0.25, -0.2) is 0 Å². The summed E-state index contributed by atoms with van der Waals surface area (Å²) >= 11 is 0. The Labute approximate surface area is 122 Å². The molecule has 0 spiro atoms. The normalized spacial score (nSPS) is 16.5. The highest BCUT2D eigenvalue weighted by Crippen LogP contribution is 2.61. The summed E-state index contributed by atoms with van der Waals surface area (Å²) in [6.45, 7) is 0. The van der Waals surface area contributed by atoms with Gasteiger partial charge >= 0.3 is 43.4 Å². The van der Waals surface area contributed by atoms with Crippen molar-refractivity contribution in [1.29, 1.82) is 0 Å². The third-order valence-electron chi connectivity index (χ3n) is 2.40. The number of hydrogen-bond donors (Lipinski definition) is 2. The maximum atomic E-state index is 12.9. The molecule has 0 amide bonds. The van der Waals surface area contributed by atoms with Crippen molar-refractivity contribution in [2.75, 3.05) is 6.16 Å². The molecule has 0 heterocycles. The van der Waals surface area contributed by atoms with Crippen LogP contribution in [0.5, 0.6) is 0 Å². The highest BCUT2D eigenvalue weighted by atomic mass is 31.2. The molecule has 17 heteroatoms. The zero-order valence-electron chi connectivity index (χ0n) is 10.4. The van der Waals surface area contributed by atoms with Gasteiger partial charge in [0.1, 0.15) is 6.16 Å². The van der Waals surface area contributed by atoms with Crippen molar-refractivity contribution < 1.29 is 71.4 Å². The molecule has 0 bridgehead atoms. The maximum Gasteiger partial charge on any atom is 0.460 e. The lowest BCUT2D eigenvalue weighted by Gasteiger charge is -2.39. The Balaban J connectivity index is 6.25. The van der Waals surface area contributed by atoms with Crippen LogP contribution in [0.25, 0.3) is 0 Å². The fourth-order valence-corrected chi connectivity index (χ4v) is 1.88. The SMILES string of the molecule is O=P(O)(O)CC(F)(F)C(F)(F)C(F)(F)C(F)(F)C(F)(F)C(F)(F)F. The largest absolute Gasteiger partial charge is 0.460 e. The Morgan fingerprint density at radius 2 is 0.875 bits per heavy atom. The summed E-state index contributed by atoms with van der Waals surface area (Å²) in [5.74, 6) is -38.4. The number of halogens is 13. The Bertz CT molecular complexity index is 518. The van der Waals surface area contributed by atoms with E-state index in [0.29, 0.717) is 0 Å². The average molecular weight is 414 g/mol. The standard InChI is InChI=1S/C7H4F13O3P/c8-2(9,1-24(21,22)23)3(10,11)4(12,13)5(14,15)6(16,17)7(18,19)20/h1H2,(H2,21,22,23). The van der Waals surface area contributed by atoms with E-state index in [0.717, 1.165) is 0 Å². The molecule has 0 aromatic rings. The van der Waals surface area contributed by atoms with Crippen LogP contribution in [0.3, 0.4) is 0 Å². The molecule has 0 aliphatic rings. The molecule has 0 atom stereocenters. The molecule has 0 aromatic heterocycles. The fourth-order valence-electron chi connectivity index (χ4n) is 1.16. The van der Waals surface area contributed by atoms with Gasteiger partial charge in [0.05, 0.1) is 0 Å². The molecular weight excluding hydrogens is 410 g/mol. The minimum atomic E-state index is -8.08. The van der Waals surface area contributed by atoms with E-state index in [1.165, 1.54) is 0 Å². The summed E-state index contributed by atoms with van der Waals surface area (Å²) in [5.41, 5.74) is 0. The van der Waals surface area contributed by atoms with Gasteiger partial charge in [0.15, 0.2) is 0 Å². The lowest BCUT2D eigenvalue weighted by molar-refractivity contribution is -0.438. The first-order chi connectivity index (χ1) is 9.96. The topological polar surface area (TPSA) is 57.5 Å². The van der Waals surface area contributed by atoms with E-state index >= 15 is 0 Å². The van der Waals surface area contributed by atoms with Gasteiger partial charge in [0.25, 0.3) is 0 Å². The quantitative estimate of drug-likeness (QED) is 0.512. The Kier molecular flexibility index (Phi) is 5.45. The van der Waals surface area contributed by atoms with Gasteiger partial charge in [0, 0.05) is 0 Å². The predicted molar refractivity (Wildman–Crippen MR) is 47.7 cm³/mol. The summed E-state index contributed by atoms with van der Waals surface area (Å²) in [7, 11) is -6.30. The molecule has 0 saturated carbocycles. The van der Waals surface area contributed by atoms with E-state index in [-0.39, 0.29) is 0 Å². The van der Waals surface area contributed by atoms with E-state index in [1.54, 1.807) is 0 Å². The second-order valence-corrected chi connectivity index (χ2v) is 5.97. The summed E-state index contributed by atoms with van der Waals surface area (Å²) in [6.07, 6.45) is -11.1. The molecule has 0 rings (SSSR count). The van der Waals surface area contributed by atoms with E-state index in [9.17, 15) is 61.6 Å². The van der Waals surface area contributed by atoms with E-state index in [4.69, 9.17) is 9.79 Å². The maximum absolute atomic E-state index is 12.9. The minimum absolute atomic E-state index is 3.52. The van der Waals surface area contributed by atoms with Gasteiger partial charge in [-0.2, -0.15) is 57.1 Å². The van der Waals surface area contributed by atoms with Crippen LogP contribution >= 0.6 is 7.60 Å². The van der Waals surface area contributed by atoms with Crippen LogP contribution < -0.4 is 0 Å². The smallest absolute Gasteiger partial charge is 0.324 e. The number of hydrogen-bond acceptors (Lipinski definition) is 1. The minimum Gasteiger partial charge on any atom is -0.324 e. The molecule has 0 aromatic carbocycles. The summed E-state index contributed by atoms with van der Waals surface area (Å²) in [5, 5.41) is 0. The highest BCUT2D eigenvalue weighted by molar-refractivity contribution is 7.51. The third-order valence-corrected chi connectivity index (χ3v) is 3.21. The van der Waals surface area contributed by atoms with Crippen molar-refractivity contribution >= 4 is 7.60 Å². The molecule has 24 heavy (non-hydrogen) atoms. The summed E-state index contributed by atoms with van der Waals surface area (Å²) < 4.78 is 173. The average Bonchev–Trinajstić information content (AvgIpc) is 2.22. The molecule has 2 N–H and O–H groups in total. The Morgan fingerprint density at radius 1 is 0.583 bits per heavy atom. The van der Waals surface area contributed by atoms with Crippen molar-refractivity contribution in [3.05, 3.63) is 0 Å². The Hall–Kier alpha value is -0.760. The van der Waals surface area contributed by atoms with Gasteiger partial charge in [-0.1, -0.05) is 0 Å². The molecular formula is C7H4F13O3P. The van der Waals surface area contributed by atoms with Crippen LogP contribution in [0, 0.1) is 0 Å². The first-order valence-corrected chi connectivity index (χ1v) is 6.76. The molecule has 0 unspecified atom stereocenters. The van der Waals surface area contributed by atoms with Crippen molar-refractivity contribution in [2.45, 2.75) is 35.8 Å². The van der Waals surface area contributed by atoms with Gasteiger partial charge in [0.2, 0.25) is 0 Å². The van der Waals surface area contributed by atoms with Crippen LogP contribution in [-0.4, -0.2) is 51.7 Å². The van der Waals surface area contributed by atoms with Gasteiger partial charge in [-0.3, -0.25) is 4.57 Å². The summed E-state index contributed by atoms with van der Waals surface area (Å²) in [6, 6.07) is 0. The van der Waals surface area contributed by atoms with Crippen LogP contribution in [0.4, 0.5) is 57.1 Å². The van der Waals surface area contributed by atoms with Crippen LogP contribution in [-0.2, 0) is 4.57 Å². The molecule has 0 saturated heterocycles. The number of alkyl halides is 13. The van der Waals surface area contributed by atoms with E-state index in [1.807, 2.05) is 0 Å². The third kappa shape index (κ3) is 3.45. The fraction of sp³-hybridized carbons (Fsp3) is 1.00. The van der Waals surface area contributed by atoms with Crippen molar-refractivity contribution in [2.24, 2.45) is 0 Å². The van der Waals surface area contributed by atoms with Gasteiger partial charge in [-0.15, -0.1) is 0 Å². The summed E-state index contributed by atoms with van der Waals surface area (Å²) in [4.78, 5) is 16.0. The first kappa shape index (κ1) is 23.2. The second kappa shape index (κ2) is 5.62.